The summed E-state index contributed by atoms with van der Waals surface area (Å²) in [5.41, 5.74) is 1.78. The van der Waals surface area contributed by atoms with Crippen LogP contribution in [0.15, 0.2) is 18.2 Å². The van der Waals surface area contributed by atoms with Crippen LogP contribution in [0.3, 0.4) is 0 Å². The Morgan fingerprint density at radius 2 is 2.22 bits per heavy atom. The molecule has 2 nitrogen and oxygen atoms in total. The third-order valence-electron chi connectivity index (χ3n) is 5.13. The highest BCUT2D eigenvalue weighted by molar-refractivity contribution is 6.00. The van der Waals surface area contributed by atoms with Gasteiger partial charge in [0.2, 0.25) is 0 Å². The number of aryl methyl sites for hydroxylation is 1. The molecule has 1 aromatic carbocycles. The zero-order valence-corrected chi connectivity index (χ0v) is 10.7. The third-order valence-corrected chi connectivity index (χ3v) is 5.13. The van der Waals surface area contributed by atoms with E-state index in [9.17, 15) is 4.79 Å². The number of ether oxygens (including phenoxy) is 1. The van der Waals surface area contributed by atoms with Crippen molar-refractivity contribution in [3.8, 4) is 5.75 Å². The number of fused-ring (bicyclic) bond motifs is 4. The lowest BCUT2D eigenvalue weighted by atomic mass is 9.77. The highest BCUT2D eigenvalue weighted by atomic mass is 16.5. The van der Waals surface area contributed by atoms with Crippen molar-refractivity contribution in [1.29, 1.82) is 0 Å². The van der Waals surface area contributed by atoms with E-state index in [1.54, 1.807) is 0 Å². The van der Waals surface area contributed by atoms with Gasteiger partial charge in [-0.05, 0) is 56.6 Å². The summed E-state index contributed by atoms with van der Waals surface area (Å²) in [6.07, 6.45) is 5.56. The zero-order valence-electron chi connectivity index (χ0n) is 10.7. The molecule has 0 aromatic heterocycles. The van der Waals surface area contributed by atoms with Crippen molar-refractivity contribution >= 4 is 5.78 Å². The van der Waals surface area contributed by atoms with Gasteiger partial charge in [0, 0.05) is 0 Å². The Hall–Kier alpha value is -1.31. The molecule has 4 rings (SSSR count). The quantitative estimate of drug-likeness (QED) is 0.695. The van der Waals surface area contributed by atoms with E-state index in [4.69, 9.17) is 4.74 Å². The number of carbonyl (C=O) groups excluding carboxylic acids is 1. The Morgan fingerprint density at radius 1 is 1.33 bits per heavy atom. The third kappa shape index (κ3) is 1.32. The van der Waals surface area contributed by atoms with E-state index in [2.05, 4.69) is 0 Å². The summed E-state index contributed by atoms with van der Waals surface area (Å²) in [6, 6.07) is 5.99. The summed E-state index contributed by atoms with van der Waals surface area (Å²) in [7, 11) is 0. The van der Waals surface area contributed by atoms with Gasteiger partial charge >= 0.3 is 0 Å². The molecule has 3 atom stereocenters. The molecule has 2 aliphatic carbocycles. The van der Waals surface area contributed by atoms with E-state index in [0.29, 0.717) is 12.3 Å². The summed E-state index contributed by atoms with van der Waals surface area (Å²) in [5, 5.41) is 0. The lowest BCUT2D eigenvalue weighted by Crippen LogP contribution is -2.46. The van der Waals surface area contributed by atoms with Gasteiger partial charge in [-0.2, -0.15) is 0 Å². The van der Waals surface area contributed by atoms with Gasteiger partial charge in [0.05, 0.1) is 12.0 Å². The molecule has 3 unspecified atom stereocenters. The van der Waals surface area contributed by atoms with Crippen molar-refractivity contribution in [2.24, 2.45) is 11.8 Å². The van der Waals surface area contributed by atoms with Crippen LogP contribution in [0, 0.1) is 18.8 Å². The average Bonchev–Trinajstić information content (AvgIpc) is 2.91. The van der Waals surface area contributed by atoms with Crippen LogP contribution in [-0.2, 0) is 0 Å². The highest BCUT2D eigenvalue weighted by Gasteiger charge is 2.55. The predicted octanol–water partition coefficient (Wildman–Crippen LogP) is 3.52. The molecule has 1 aliphatic heterocycles. The number of rotatable bonds is 0. The number of benzene rings is 1. The van der Waals surface area contributed by atoms with Gasteiger partial charge in [-0.3, -0.25) is 4.79 Å². The van der Waals surface area contributed by atoms with Crippen molar-refractivity contribution in [1.82, 2.24) is 0 Å². The molecule has 2 bridgehead atoms. The minimum absolute atomic E-state index is 0.151. The fourth-order valence-corrected chi connectivity index (χ4v) is 4.31. The van der Waals surface area contributed by atoms with Crippen LogP contribution in [0.25, 0.3) is 0 Å². The first-order chi connectivity index (χ1) is 8.66. The van der Waals surface area contributed by atoms with Crippen LogP contribution in [0.4, 0.5) is 0 Å². The Morgan fingerprint density at radius 3 is 2.94 bits per heavy atom. The van der Waals surface area contributed by atoms with Crippen LogP contribution in [0.5, 0.6) is 5.75 Å². The molecule has 2 fully saturated rings. The van der Waals surface area contributed by atoms with E-state index in [-0.39, 0.29) is 11.4 Å². The minimum atomic E-state index is -0.151. The Kier molecular flexibility index (Phi) is 1.98. The summed E-state index contributed by atoms with van der Waals surface area (Å²) in [4.78, 5) is 12.4. The first-order valence-electron chi connectivity index (χ1n) is 6.99. The Labute approximate surface area is 107 Å². The maximum Gasteiger partial charge on any atom is 0.170 e. The second-order valence-electron chi connectivity index (χ2n) is 6.35. The SMILES string of the molecule is Cc1ccc2c(c1)C(=O)CC1(CC3CCC1C3)O2. The van der Waals surface area contributed by atoms with Crippen molar-refractivity contribution in [2.45, 2.75) is 44.6 Å². The first kappa shape index (κ1) is 10.6. The molecule has 1 spiro atoms. The Bertz CT molecular complexity index is 534. The van der Waals surface area contributed by atoms with Gasteiger partial charge in [-0.15, -0.1) is 0 Å². The monoisotopic (exact) mass is 242 g/mol. The van der Waals surface area contributed by atoms with E-state index < -0.39 is 0 Å². The number of hydrogen-bond acceptors (Lipinski definition) is 2. The minimum Gasteiger partial charge on any atom is -0.486 e. The van der Waals surface area contributed by atoms with Gasteiger partial charge in [0.1, 0.15) is 11.4 Å². The maximum absolute atomic E-state index is 12.4. The van der Waals surface area contributed by atoms with E-state index in [1.807, 2.05) is 25.1 Å². The first-order valence-corrected chi connectivity index (χ1v) is 6.99. The molecule has 0 saturated heterocycles. The molecule has 0 N–H and O–H groups in total. The molecular weight excluding hydrogens is 224 g/mol. The molecule has 2 saturated carbocycles. The summed E-state index contributed by atoms with van der Waals surface area (Å²) in [5.74, 6) is 2.52. The number of Topliss-reactive ketones (excluding diaryl/α,β-unsaturated/α-hetero) is 1. The number of ketones is 1. The van der Waals surface area contributed by atoms with Crippen molar-refractivity contribution in [2.75, 3.05) is 0 Å². The predicted molar refractivity (Wildman–Crippen MR) is 68.9 cm³/mol. The lowest BCUT2D eigenvalue weighted by Gasteiger charge is -2.41. The van der Waals surface area contributed by atoms with Crippen LogP contribution >= 0.6 is 0 Å². The average molecular weight is 242 g/mol. The number of hydrogen-bond donors (Lipinski definition) is 0. The summed E-state index contributed by atoms with van der Waals surface area (Å²) < 4.78 is 6.32. The van der Waals surface area contributed by atoms with E-state index in [1.165, 1.54) is 19.3 Å². The van der Waals surface area contributed by atoms with Gasteiger partial charge in [0.25, 0.3) is 0 Å². The second kappa shape index (κ2) is 3.37. The molecule has 1 heterocycles. The van der Waals surface area contributed by atoms with E-state index in [0.717, 1.165) is 29.2 Å². The standard InChI is InChI=1S/C16H18O2/c1-10-2-5-15-13(6-10)14(17)9-16(18-15)8-11-3-4-12(16)7-11/h2,5-6,11-12H,3-4,7-9H2,1H3. The van der Waals surface area contributed by atoms with Crippen LogP contribution in [-0.4, -0.2) is 11.4 Å². The number of carbonyl (C=O) groups is 1. The smallest absolute Gasteiger partial charge is 0.170 e. The van der Waals surface area contributed by atoms with Crippen LogP contribution in [0.1, 0.15) is 48.0 Å². The van der Waals surface area contributed by atoms with Gasteiger partial charge in [-0.25, -0.2) is 0 Å². The molecule has 3 aliphatic rings. The molecule has 1 aromatic rings. The zero-order chi connectivity index (χ0) is 12.3. The van der Waals surface area contributed by atoms with Gasteiger partial charge in [0.15, 0.2) is 5.78 Å². The molecule has 18 heavy (non-hydrogen) atoms. The highest BCUT2D eigenvalue weighted by Crippen LogP contribution is 2.56. The molecule has 0 radical (unpaired) electrons. The van der Waals surface area contributed by atoms with Crippen molar-refractivity contribution in [3.63, 3.8) is 0 Å². The fraction of sp³-hybridized carbons (Fsp3) is 0.562. The maximum atomic E-state index is 12.4. The van der Waals surface area contributed by atoms with Crippen molar-refractivity contribution < 1.29 is 9.53 Å². The summed E-state index contributed by atoms with van der Waals surface area (Å²) in [6.45, 7) is 2.02. The van der Waals surface area contributed by atoms with E-state index >= 15 is 0 Å². The van der Waals surface area contributed by atoms with Crippen LogP contribution in [0.2, 0.25) is 0 Å². The normalized spacial score (nSPS) is 36.8. The van der Waals surface area contributed by atoms with Crippen molar-refractivity contribution in [3.05, 3.63) is 29.3 Å². The molecule has 94 valence electrons. The molecule has 0 amide bonds. The Balaban J connectivity index is 1.76. The van der Waals surface area contributed by atoms with Gasteiger partial charge < -0.3 is 4.74 Å². The fourth-order valence-electron chi connectivity index (χ4n) is 4.31. The van der Waals surface area contributed by atoms with Crippen LogP contribution < -0.4 is 4.74 Å². The topological polar surface area (TPSA) is 26.3 Å². The second-order valence-corrected chi connectivity index (χ2v) is 6.35. The summed E-state index contributed by atoms with van der Waals surface area (Å²) >= 11 is 0. The molecule has 2 heteroatoms. The lowest BCUT2D eigenvalue weighted by molar-refractivity contribution is -0.000508. The van der Waals surface area contributed by atoms with Gasteiger partial charge in [-0.1, -0.05) is 11.6 Å². The molecular formula is C16H18O2. The largest absolute Gasteiger partial charge is 0.486 e.